The smallest absolute Gasteiger partial charge is 0.409 e. The number of rotatable bonds is 4. The molecule has 1 heterocycles. The van der Waals surface area contributed by atoms with Crippen LogP contribution in [0.15, 0.2) is 66.7 Å². The number of nitrogens with two attached hydrogens (primary N) is 2. The Balaban J connectivity index is 1.22. The second kappa shape index (κ2) is 8.55. The third-order valence-electron chi connectivity index (χ3n) is 6.47. The minimum absolute atomic E-state index is 0.0783. The predicted octanol–water partition coefficient (Wildman–Crippen LogP) is 3.80. The maximum Gasteiger partial charge on any atom is 0.409 e. The monoisotopic (exact) mass is 428 g/mol. The zero-order valence-electron chi connectivity index (χ0n) is 18.0. The van der Waals surface area contributed by atoms with E-state index in [1.807, 2.05) is 24.3 Å². The van der Waals surface area contributed by atoms with Crippen LogP contribution in [0.1, 0.15) is 22.6 Å². The topological polar surface area (TPSA) is 84.8 Å². The quantitative estimate of drug-likeness (QED) is 0.618. The molecule has 1 amide bonds. The minimum Gasteiger partial charge on any atom is -0.448 e. The molecule has 0 atom stereocenters. The molecule has 0 saturated carbocycles. The number of nitrogen functional groups attached to an aromatic ring is 1. The molecule has 3 aromatic carbocycles. The predicted molar refractivity (Wildman–Crippen MR) is 128 cm³/mol. The summed E-state index contributed by atoms with van der Waals surface area (Å²) in [6.07, 6.45) is -0.248. The number of hydrogen-bond donors (Lipinski definition) is 2. The van der Waals surface area contributed by atoms with Crippen LogP contribution in [0.25, 0.3) is 11.1 Å². The lowest BCUT2D eigenvalue weighted by Crippen LogP contribution is -2.49. The molecule has 0 aromatic heterocycles. The first-order valence-electron chi connectivity index (χ1n) is 11.1. The first kappa shape index (κ1) is 20.4. The van der Waals surface area contributed by atoms with Gasteiger partial charge in [0, 0.05) is 50.0 Å². The number of ether oxygens (including phenoxy) is 1. The van der Waals surface area contributed by atoms with E-state index >= 15 is 0 Å². The van der Waals surface area contributed by atoms with Gasteiger partial charge in [0.05, 0.1) is 0 Å². The molecule has 0 radical (unpaired) electrons. The van der Waals surface area contributed by atoms with Gasteiger partial charge in [-0.15, -0.1) is 0 Å². The highest BCUT2D eigenvalue weighted by molar-refractivity contribution is 5.79. The molecule has 0 bridgehead atoms. The Hall–Kier alpha value is -3.51. The summed E-state index contributed by atoms with van der Waals surface area (Å²) in [5.74, 6) is 0.0783. The van der Waals surface area contributed by atoms with Crippen molar-refractivity contribution >= 4 is 17.5 Å². The fourth-order valence-electron chi connectivity index (χ4n) is 4.83. The maximum absolute atomic E-state index is 12.8. The molecule has 4 N–H and O–H groups in total. The van der Waals surface area contributed by atoms with E-state index < -0.39 is 0 Å². The van der Waals surface area contributed by atoms with Crippen molar-refractivity contribution in [1.82, 2.24) is 4.90 Å². The van der Waals surface area contributed by atoms with Crippen LogP contribution in [0.3, 0.4) is 0 Å². The van der Waals surface area contributed by atoms with Crippen LogP contribution in [-0.2, 0) is 11.3 Å². The van der Waals surface area contributed by atoms with Crippen LogP contribution in [0.5, 0.6) is 0 Å². The third kappa shape index (κ3) is 3.78. The lowest BCUT2D eigenvalue weighted by atomic mass is 9.98. The standard InChI is InChI=1S/C26H28N4O2/c27-16-18-13-19(28)15-20(14-18)29-9-11-30(12-10-29)26(31)32-17-25-23-7-3-1-5-21(23)22-6-2-4-8-24(22)25/h1-8,13-15,25H,9-12,16-17,27-28H2. The highest BCUT2D eigenvalue weighted by atomic mass is 16.6. The molecule has 3 aromatic rings. The highest BCUT2D eigenvalue weighted by Gasteiger charge is 2.30. The van der Waals surface area contributed by atoms with Gasteiger partial charge < -0.3 is 26.0 Å². The summed E-state index contributed by atoms with van der Waals surface area (Å²) in [5, 5.41) is 0. The summed E-state index contributed by atoms with van der Waals surface area (Å²) in [6, 6.07) is 22.7. The third-order valence-corrected chi connectivity index (χ3v) is 6.47. The second-order valence-electron chi connectivity index (χ2n) is 8.42. The van der Waals surface area contributed by atoms with Gasteiger partial charge in [-0.3, -0.25) is 0 Å². The van der Waals surface area contributed by atoms with Crippen LogP contribution in [-0.4, -0.2) is 43.8 Å². The van der Waals surface area contributed by atoms with E-state index in [0.717, 1.165) is 24.3 Å². The Morgan fingerprint density at radius 3 is 2.16 bits per heavy atom. The number of benzene rings is 3. The van der Waals surface area contributed by atoms with Crippen LogP contribution < -0.4 is 16.4 Å². The van der Waals surface area contributed by atoms with Gasteiger partial charge in [-0.1, -0.05) is 48.5 Å². The number of amides is 1. The van der Waals surface area contributed by atoms with Crippen LogP contribution in [0.4, 0.5) is 16.2 Å². The Morgan fingerprint density at radius 2 is 1.53 bits per heavy atom. The molecular weight excluding hydrogens is 400 g/mol. The summed E-state index contributed by atoms with van der Waals surface area (Å²) < 4.78 is 5.81. The van der Waals surface area contributed by atoms with Gasteiger partial charge >= 0.3 is 6.09 Å². The molecular formula is C26H28N4O2. The summed E-state index contributed by atoms with van der Waals surface area (Å²) in [4.78, 5) is 16.9. The molecule has 32 heavy (non-hydrogen) atoms. The molecule has 2 aliphatic rings. The van der Waals surface area contributed by atoms with E-state index in [1.54, 1.807) is 4.90 Å². The summed E-state index contributed by atoms with van der Waals surface area (Å²) in [7, 11) is 0. The van der Waals surface area contributed by atoms with E-state index in [-0.39, 0.29) is 12.0 Å². The van der Waals surface area contributed by atoms with E-state index in [2.05, 4.69) is 47.4 Å². The Morgan fingerprint density at radius 1 is 0.906 bits per heavy atom. The molecule has 0 spiro atoms. The van der Waals surface area contributed by atoms with Crippen molar-refractivity contribution in [3.05, 3.63) is 83.4 Å². The molecule has 5 rings (SSSR count). The van der Waals surface area contributed by atoms with Gasteiger partial charge in [-0.05, 0) is 46.0 Å². The first-order chi connectivity index (χ1) is 15.6. The van der Waals surface area contributed by atoms with Gasteiger partial charge in [-0.2, -0.15) is 0 Å². The largest absolute Gasteiger partial charge is 0.448 e. The van der Waals surface area contributed by atoms with Crippen LogP contribution >= 0.6 is 0 Å². The van der Waals surface area contributed by atoms with Crippen molar-refractivity contribution in [2.24, 2.45) is 5.73 Å². The number of carbonyl (C=O) groups is 1. The maximum atomic E-state index is 12.8. The van der Waals surface area contributed by atoms with Gasteiger partial charge in [0.1, 0.15) is 6.61 Å². The number of piperazine rings is 1. The molecule has 0 unspecified atom stereocenters. The van der Waals surface area contributed by atoms with Crippen LogP contribution in [0.2, 0.25) is 0 Å². The average Bonchev–Trinajstić information content (AvgIpc) is 3.16. The Bertz CT molecular complexity index is 1090. The summed E-state index contributed by atoms with van der Waals surface area (Å²) >= 11 is 0. The first-order valence-corrected chi connectivity index (χ1v) is 11.1. The Labute approximate surface area is 188 Å². The van der Waals surface area contributed by atoms with Gasteiger partial charge in [0.2, 0.25) is 0 Å². The van der Waals surface area contributed by atoms with Crippen molar-refractivity contribution in [3.8, 4) is 11.1 Å². The molecule has 6 heteroatoms. The number of fused-ring (bicyclic) bond motifs is 3. The molecule has 1 saturated heterocycles. The molecule has 1 fully saturated rings. The zero-order chi connectivity index (χ0) is 22.1. The highest BCUT2D eigenvalue weighted by Crippen LogP contribution is 2.44. The number of hydrogen-bond acceptors (Lipinski definition) is 5. The minimum atomic E-state index is -0.248. The molecule has 1 aliphatic carbocycles. The van der Waals surface area contributed by atoms with E-state index in [0.29, 0.717) is 31.9 Å². The lowest BCUT2D eigenvalue weighted by molar-refractivity contribution is 0.0977. The number of carbonyl (C=O) groups excluding carboxylic acids is 1. The normalized spacial score (nSPS) is 15.4. The fraction of sp³-hybridized carbons (Fsp3) is 0.269. The van der Waals surface area contributed by atoms with Gasteiger partial charge in [-0.25, -0.2) is 4.79 Å². The average molecular weight is 429 g/mol. The Kier molecular flexibility index (Phi) is 5.45. The van der Waals surface area contributed by atoms with Crippen LogP contribution in [0, 0.1) is 0 Å². The number of anilines is 2. The molecule has 1 aliphatic heterocycles. The molecule has 6 nitrogen and oxygen atoms in total. The van der Waals surface area contributed by atoms with Gasteiger partial charge in [0.15, 0.2) is 0 Å². The summed E-state index contributed by atoms with van der Waals surface area (Å²) in [6.45, 7) is 3.50. The van der Waals surface area contributed by atoms with Gasteiger partial charge in [0.25, 0.3) is 0 Å². The van der Waals surface area contributed by atoms with Crippen molar-refractivity contribution in [1.29, 1.82) is 0 Å². The molecule has 164 valence electrons. The SMILES string of the molecule is NCc1cc(N)cc(N2CCN(C(=O)OCC3c4ccccc4-c4ccccc43)CC2)c1. The van der Waals surface area contributed by atoms with Crippen molar-refractivity contribution < 1.29 is 9.53 Å². The zero-order valence-corrected chi connectivity index (χ0v) is 18.0. The van der Waals surface area contributed by atoms with E-state index in [4.69, 9.17) is 16.2 Å². The van der Waals surface area contributed by atoms with Crippen molar-refractivity contribution in [3.63, 3.8) is 0 Å². The van der Waals surface area contributed by atoms with E-state index in [9.17, 15) is 4.79 Å². The fourth-order valence-corrected chi connectivity index (χ4v) is 4.83. The van der Waals surface area contributed by atoms with Crippen molar-refractivity contribution in [2.75, 3.05) is 43.4 Å². The lowest BCUT2D eigenvalue weighted by Gasteiger charge is -2.36. The van der Waals surface area contributed by atoms with E-state index in [1.165, 1.54) is 22.3 Å². The second-order valence-corrected chi connectivity index (χ2v) is 8.42. The summed E-state index contributed by atoms with van der Waals surface area (Å²) in [5.41, 5.74) is 19.5. The number of nitrogens with zero attached hydrogens (tertiary/aromatic N) is 2. The van der Waals surface area contributed by atoms with Crippen molar-refractivity contribution in [2.45, 2.75) is 12.5 Å².